The van der Waals surface area contributed by atoms with Gasteiger partial charge in [-0.25, -0.2) is 4.98 Å². The van der Waals surface area contributed by atoms with Gasteiger partial charge < -0.3 is 18.7 Å². The minimum absolute atomic E-state index is 0.268. The first-order chi connectivity index (χ1) is 14.0. The summed E-state index contributed by atoms with van der Waals surface area (Å²) < 4.78 is 21.0. The average Bonchev–Trinajstić information content (AvgIpc) is 3.27. The SMILES string of the molecule is COC(=O)C(C)C(C)c1nc(-c2ccc(OCc3ccc(OC)cc3)cn2)no1. The van der Waals surface area contributed by atoms with Gasteiger partial charge in [-0.05, 0) is 29.8 Å². The van der Waals surface area contributed by atoms with Crippen molar-refractivity contribution in [2.45, 2.75) is 26.4 Å². The fraction of sp³-hybridized carbons (Fsp3) is 0.333. The summed E-state index contributed by atoms with van der Waals surface area (Å²) in [6, 6.07) is 11.2. The van der Waals surface area contributed by atoms with E-state index in [4.69, 9.17) is 18.7 Å². The summed E-state index contributed by atoms with van der Waals surface area (Å²) in [6.07, 6.45) is 1.61. The van der Waals surface area contributed by atoms with E-state index in [9.17, 15) is 4.79 Å². The zero-order chi connectivity index (χ0) is 20.8. The van der Waals surface area contributed by atoms with Gasteiger partial charge in [0.25, 0.3) is 0 Å². The van der Waals surface area contributed by atoms with Crippen LogP contribution in [0.25, 0.3) is 11.5 Å². The Balaban J connectivity index is 1.62. The summed E-state index contributed by atoms with van der Waals surface area (Å²) in [5.74, 6) is 1.15. The maximum Gasteiger partial charge on any atom is 0.309 e. The lowest BCUT2D eigenvalue weighted by Gasteiger charge is -2.13. The largest absolute Gasteiger partial charge is 0.497 e. The van der Waals surface area contributed by atoms with Crippen molar-refractivity contribution < 1.29 is 23.5 Å². The molecule has 152 valence electrons. The number of esters is 1. The maximum atomic E-state index is 11.7. The van der Waals surface area contributed by atoms with Crippen molar-refractivity contribution in [2.75, 3.05) is 14.2 Å². The topological polar surface area (TPSA) is 96.6 Å². The van der Waals surface area contributed by atoms with Gasteiger partial charge in [0.05, 0.1) is 26.3 Å². The zero-order valence-corrected chi connectivity index (χ0v) is 16.8. The van der Waals surface area contributed by atoms with E-state index < -0.39 is 5.92 Å². The van der Waals surface area contributed by atoms with Crippen LogP contribution in [-0.4, -0.2) is 35.3 Å². The highest BCUT2D eigenvalue weighted by Crippen LogP contribution is 2.26. The van der Waals surface area contributed by atoms with Crippen LogP contribution in [0.15, 0.2) is 47.1 Å². The monoisotopic (exact) mass is 397 g/mol. The van der Waals surface area contributed by atoms with E-state index in [1.165, 1.54) is 7.11 Å². The molecule has 0 saturated heterocycles. The molecule has 0 aliphatic carbocycles. The molecule has 0 amide bonds. The number of aromatic nitrogens is 3. The van der Waals surface area contributed by atoms with Crippen molar-refractivity contribution in [3.8, 4) is 23.0 Å². The molecule has 3 aromatic rings. The summed E-state index contributed by atoms with van der Waals surface area (Å²) in [5, 5.41) is 3.96. The molecule has 2 heterocycles. The predicted octanol–water partition coefficient (Wildman–Crippen LogP) is 3.63. The standard InChI is InChI=1S/C21H23N3O5/c1-13(14(2)21(25)27-4)20-23-19(24-29-20)18-10-9-17(11-22-18)28-12-15-5-7-16(26-3)8-6-15/h5-11,13-14H,12H2,1-4H3. The lowest BCUT2D eigenvalue weighted by molar-refractivity contribution is -0.145. The van der Waals surface area contributed by atoms with E-state index in [1.807, 2.05) is 31.2 Å². The fourth-order valence-corrected chi connectivity index (χ4v) is 2.61. The van der Waals surface area contributed by atoms with E-state index >= 15 is 0 Å². The molecular weight excluding hydrogens is 374 g/mol. The predicted molar refractivity (Wildman–Crippen MR) is 104 cm³/mol. The summed E-state index contributed by atoms with van der Waals surface area (Å²) in [7, 11) is 2.98. The Bertz CT molecular complexity index is 938. The number of hydrogen-bond donors (Lipinski definition) is 0. The van der Waals surface area contributed by atoms with Crippen LogP contribution in [0.3, 0.4) is 0 Å². The third kappa shape index (κ3) is 4.90. The maximum absolute atomic E-state index is 11.7. The molecule has 0 radical (unpaired) electrons. The van der Waals surface area contributed by atoms with E-state index in [2.05, 4.69) is 15.1 Å². The number of benzene rings is 1. The third-order valence-corrected chi connectivity index (χ3v) is 4.68. The van der Waals surface area contributed by atoms with Crippen molar-refractivity contribution in [1.82, 2.24) is 15.1 Å². The Kier molecular flexibility index (Phi) is 6.43. The van der Waals surface area contributed by atoms with Crippen molar-refractivity contribution >= 4 is 5.97 Å². The number of pyridine rings is 1. The van der Waals surface area contributed by atoms with Gasteiger partial charge in [-0.3, -0.25) is 4.79 Å². The second kappa shape index (κ2) is 9.18. The van der Waals surface area contributed by atoms with Crippen LogP contribution >= 0.6 is 0 Å². The van der Waals surface area contributed by atoms with E-state index in [0.29, 0.717) is 29.8 Å². The Morgan fingerprint density at radius 2 is 1.79 bits per heavy atom. The first-order valence-corrected chi connectivity index (χ1v) is 9.15. The van der Waals surface area contributed by atoms with Crippen LogP contribution < -0.4 is 9.47 Å². The Morgan fingerprint density at radius 1 is 1.07 bits per heavy atom. The Hall–Kier alpha value is -3.42. The summed E-state index contributed by atoms with van der Waals surface area (Å²) >= 11 is 0. The van der Waals surface area contributed by atoms with Gasteiger partial charge in [0.1, 0.15) is 23.8 Å². The van der Waals surface area contributed by atoms with Gasteiger partial charge in [0, 0.05) is 5.92 Å². The van der Waals surface area contributed by atoms with Crippen LogP contribution in [0.5, 0.6) is 11.5 Å². The molecule has 0 fully saturated rings. The van der Waals surface area contributed by atoms with Crippen LogP contribution in [0.1, 0.15) is 31.2 Å². The molecule has 3 rings (SSSR count). The first-order valence-electron chi connectivity index (χ1n) is 9.15. The highest BCUT2D eigenvalue weighted by Gasteiger charge is 2.27. The fourth-order valence-electron chi connectivity index (χ4n) is 2.61. The Labute approximate surface area is 168 Å². The molecule has 2 atom stereocenters. The number of carbonyl (C=O) groups is 1. The quantitative estimate of drug-likeness (QED) is 0.532. The number of nitrogens with zero attached hydrogens (tertiary/aromatic N) is 3. The number of methoxy groups -OCH3 is 2. The molecular formula is C21H23N3O5. The minimum atomic E-state index is -0.394. The molecule has 0 N–H and O–H groups in total. The Morgan fingerprint density at radius 3 is 2.41 bits per heavy atom. The summed E-state index contributed by atoms with van der Waals surface area (Å²) in [4.78, 5) is 20.4. The number of rotatable bonds is 8. The lowest BCUT2D eigenvalue weighted by Crippen LogP contribution is -2.19. The highest BCUT2D eigenvalue weighted by atomic mass is 16.5. The van der Waals surface area contributed by atoms with E-state index in [0.717, 1.165) is 11.3 Å². The number of carbonyl (C=O) groups excluding carboxylic acids is 1. The van der Waals surface area contributed by atoms with Gasteiger partial charge in [-0.1, -0.05) is 31.1 Å². The lowest BCUT2D eigenvalue weighted by atomic mass is 9.96. The van der Waals surface area contributed by atoms with Crippen LogP contribution in [-0.2, 0) is 16.1 Å². The molecule has 2 unspecified atom stereocenters. The molecule has 8 nitrogen and oxygen atoms in total. The zero-order valence-electron chi connectivity index (χ0n) is 16.8. The summed E-state index contributed by atoms with van der Waals surface area (Å²) in [6.45, 7) is 4.01. The summed E-state index contributed by atoms with van der Waals surface area (Å²) in [5.41, 5.74) is 1.57. The average molecular weight is 397 g/mol. The smallest absolute Gasteiger partial charge is 0.309 e. The van der Waals surface area contributed by atoms with Crippen molar-refractivity contribution in [3.63, 3.8) is 0 Å². The molecule has 1 aromatic carbocycles. The molecule has 0 aliphatic heterocycles. The van der Waals surface area contributed by atoms with Gasteiger partial charge in [-0.2, -0.15) is 4.98 Å². The van der Waals surface area contributed by atoms with Crippen LogP contribution in [0, 0.1) is 5.92 Å². The molecule has 0 saturated carbocycles. The van der Waals surface area contributed by atoms with Crippen molar-refractivity contribution in [3.05, 3.63) is 54.0 Å². The van der Waals surface area contributed by atoms with Gasteiger partial charge >= 0.3 is 5.97 Å². The van der Waals surface area contributed by atoms with Gasteiger partial charge in [-0.15, -0.1) is 0 Å². The molecule has 0 aliphatic rings. The van der Waals surface area contributed by atoms with Crippen molar-refractivity contribution in [2.24, 2.45) is 5.92 Å². The van der Waals surface area contributed by atoms with Gasteiger partial charge in [0.15, 0.2) is 0 Å². The number of hydrogen-bond acceptors (Lipinski definition) is 8. The second-order valence-electron chi connectivity index (χ2n) is 6.57. The first kappa shape index (κ1) is 20.3. The number of ether oxygens (including phenoxy) is 3. The van der Waals surface area contributed by atoms with E-state index in [1.54, 1.807) is 32.4 Å². The minimum Gasteiger partial charge on any atom is -0.497 e. The van der Waals surface area contributed by atoms with Crippen LogP contribution in [0.2, 0.25) is 0 Å². The normalized spacial score (nSPS) is 12.8. The second-order valence-corrected chi connectivity index (χ2v) is 6.57. The van der Waals surface area contributed by atoms with Gasteiger partial charge in [0.2, 0.25) is 11.7 Å². The molecule has 2 aromatic heterocycles. The molecule has 29 heavy (non-hydrogen) atoms. The third-order valence-electron chi connectivity index (χ3n) is 4.68. The molecule has 8 heteroatoms. The molecule has 0 spiro atoms. The highest BCUT2D eigenvalue weighted by molar-refractivity contribution is 5.72. The van der Waals surface area contributed by atoms with Crippen molar-refractivity contribution in [1.29, 1.82) is 0 Å². The molecule has 0 bridgehead atoms. The van der Waals surface area contributed by atoms with Crippen LogP contribution in [0.4, 0.5) is 0 Å². The van der Waals surface area contributed by atoms with E-state index in [-0.39, 0.29) is 11.9 Å².